The summed E-state index contributed by atoms with van der Waals surface area (Å²) in [6, 6.07) is -0.221. The van der Waals surface area contributed by atoms with E-state index in [1.807, 2.05) is 0 Å². The standard InChI is InChI=1S/C9H15F2NO2/c1-12(5-8(10)11)7-4-2-3-6(7)9(13)14/h6-8H,2-5H2,1H3,(H,13,14). The zero-order valence-electron chi connectivity index (χ0n) is 8.12. The Bertz CT molecular complexity index is 211. The number of carboxylic acid groups (broad SMARTS) is 1. The molecule has 0 spiro atoms. The molecule has 1 aliphatic rings. The van der Waals surface area contributed by atoms with Crippen molar-refractivity contribution >= 4 is 5.97 Å². The first kappa shape index (κ1) is 11.4. The highest BCUT2D eigenvalue weighted by atomic mass is 19.3. The van der Waals surface area contributed by atoms with Crippen LogP contribution < -0.4 is 0 Å². The topological polar surface area (TPSA) is 40.5 Å². The van der Waals surface area contributed by atoms with Gasteiger partial charge >= 0.3 is 5.97 Å². The van der Waals surface area contributed by atoms with Crippen molar-refractivity contribution < 1.29 is 18.7 Å². The second-order valence-corrected chi connectivity index (χ2v) is 3.77. The first-order valence-electron chi connectivity index (χ1n) is 4.73. The van der Waals surface area contributed by atoms with Crippen LogP contribution >= 0.6 is 0 Å². The van der Waals surface area contributed by atoms with E-state index in [2.05, 4.69) is 0 Å². The largest absolute Gasteiger partial charge is 0.481 e. The third kappa shape index (κ3) is 2.64. The van der Waals surface area contributed by atoms with E-state index in [0.717, 1.165) is 6.42 Å². The van der Waals surface area contributed by atoms with Crippen molar-refractivity contribution in [3.8, 4) is 0 Å². The van der Waals surface area contributed by atoms with Crippen LogP contribution in [0.3, 0.4) is 0 Å². The van der Waals surface area contributed by atoms with Gasteiger partial charge in [0.2, 0.25) is 0 Å². The number of aliphatic carboxylic acids is 1. The molecule has 0 radical (unpaired) electrons. The van der Waals surface area contributed by atoms with Crippen molar-refractivity contribution in [1.82, 2.24) is 4.90 Å². The van der Waals surface area contributed by atoms with Gasteiger partial charge in [-0.3, -0.25) is 9.69 Å². The molecule has 0 heterocycles. The maximum atomic E-state index is 12.1. The molecule has 1 aliphatic carbocycles. The van der Waals surface area contributed by atoms with Gasteiger partial charge in [0.15, 0.2) is 0 Å². The Morgan fingerprint density at radius 1 is 1.57 bits per heavy atom. The van der Waals surface area contributed by atoms with Crippen LogP contribution in [0.4, 0.5) is 8.78 Å². The Balaban J connectivity index is 2.53. The van der Waals surface area contributed by atoms with E-state index in [9.17, 15) is 13.6 Å². The van der Waals surface area contributed by atoms with E-state index in [-0.39, 0.29) is 12.6 Å². The molecule has 0 saturated heterocycles. The van der Waals surface area contributed by atoms with Crippen molar-refractivity contribution in [3.05, 3.63) is 0 Å². The molecule has 0 aromatic heterocycles. The smallest absolute Gasteiger partial charge is 0.308 e. The Morgan fingerprint density at radius 2 is 2.21 bits per heavy atom. The summed E-state index contributed by atoms with van der Waals surface area (Å²) in [6.07, 6.45) is -0.266. The Hall–Kier alpha value is -0.710. The van der Waals surface area contributed by atoms with Crippen LogP contribution in [-0.2, 0) is 4.79 Å². The molecule has 1 saturated carbocycles. The molecule has 1 fully saturated rings. The van der Waals surface area contributed by atoms with Crippen LogP contribution in [0.2, 0.25) is 0 Å². The second kappa shape index (κ2) is 4.68. The third-order valence-electron chi connectivity index (χ3n) is 2.79. The van der Waals surface area contributed by atoms with E-state index in [4.69, 9.17) is 5.11 Å². The number of carboxylic acids is 1. The predicted molar refractivity (Wildman–Crippen MR) is 47.4 cm³/mol. The zero-order chi connectivity index (χ0) is 10.7. The molecule has 0 aliphatic heterocycles. The summed E-state index contributed by atoms with van der Waals surface area (Å²) in [5, 5.41) is 8.85. The van der Waals surface area contributed by atoms with Crippen LogP contribution in [0.1, 0.15) is 19.3 Å². The summed E-state index contributed by atoms with van der Waals surface area (Å²) in [5.74, 6) is -1.34. The molecule has 5 heteroatoms. The van der Waals surface area contributed by atoms with E-state index >= 15 is 0 Å². The third-order valence-corrected chi connectivity index (χ3v) is 2.79. The van der Waals surface area contributed by atoms with Gasteiger partial charge in [-0.15, -0.1) is 0 Å². The van der Waals surface area contributed by atoms with Gasteiger partial charge in [-0.05, 0) is 19.9 Å². The number of alkyl halides is 2. The average molecular weight is 207 g/mol. The van der Waals surface area contributed by atoms with Gasteiger partial charge in [0.25, 0.3) is 6.43 Å². The Morgan fingerprint density at radius 3 is 2.71 bits per heavy atom. The SMILES string of the molecule is CN(CC(F)F)C1CCCC1C(=O)O. The fraction of sp³-hybridized carbons (Fsp3) is 0.889. The highest BCUT2D eigenvalue weighted by Gasteiger charge is 2.35. The number of hydrogen-bond donors (Lipinski definition) is 1. The van der Waals surface area contributed by atoms with Crippen LogP contribution in [0.15, 0.2) is 0 Å². The molecule has 2 unspecified atom stereocenters. The number of hydrogen-bond acceptors (Lipinski definition) is 2. The summed E-state index contributed by atoms with van der Waals surface area (Å²) >= 11 is 0. The summed E-state index contributed by atoms with van der Waals surface area (Å²) < 4.78 is 24.2. The van der Waals surface area contributed by atoms with Crippen LogP contribution in [0.5, 0.6) is 0 Å². The van der Waals surface area contributed by atoms with Gasteiger partial charge < -0.3 is 5.11 Å². The van der Waals surface area contributed by atoms with Gasteiger partial charge in [-0.1, -0.05) is 6.42 Å². The van der Waals surface area contributed by atoms with Crippen LogP contribution in [0.25, 0.3) is 0 Å². The molecule has 0 aromatic carbocycles. The molecule has 3 nitrogen and oxygen atoms in total. The van der Waals surface area contributed by atoms with Gasteiger partial charge in [-0.25, -0.2) is 8.78 Å². The zero-order valence-corrected chi connectivity index (χ0v) is 8.12. The highest BCUT2D eigenvalue weighted by molar-refractivity contribution is 5.71. The summed E-state index contributed by atoms with van der Waals surface area (Å²) in [4.78, 5) is 12.3. The Labute approximate surface area is 81.7 Å². The molecule has 0 aromatic rings. The number of halogens is 2. The normalized spacial score (nSPS) is 27.5. The lowest BCUT2D eigenvalue weighted by atomic mass is 10.0. The van der Waals surface area contributed by atoms with Gasteiger partial charge in [0.1, 0.15) is 0 Å². The quantitative estimate of drug-likeness (QED) is 0.758. The van der Waals surface area contributed by atoms with Gasteiger partial charge in [0.05, 0.1) is 12.5 Å². The number of nitrogens with zero attached hydrogens (tertiary/aromatic N) is 1. The molecular formula is C9H15F2NO2. The number of rotatable bonds is 4. The first-order valence-corrected chi connectivity index (χ1v) is 4.73. The second-order valence-electron chi connectivity index (χ2n) is 3.77. The van der Waals surface area contributed by atoms with Crippen LogP contribution in [0, 0.1) is 5.92 Å². The Kier molecular flexibility index (Phi) is 3.80. The lowest BCUT2D eigenvalue weighted by Gasteiger charge is -2.27. The van der Waals surface area contributed by atoms with Crippen molar-refractivity contribution in [2.24, 2.45) is 5.92 Å². The van der Waals surface area contributed by atoms with E-state index in [1.165, 1.54) is 4.90 Å². The van der Waals surface area contributed by atoms with E-state index in [1.54, 1.807) is 7.05 Å². The van der Waals surface area contributed by atoms with Crippen LogP contribution in [-0.4, -0.2) is 42.0 Å². The molecule has 1 rings (SSSR count). The first-order chi connectivity index (χ1) is 6.52. The van der Waals surface area contributed by atoms with Crippen molar-refractivity contribution in [2.75, 3.05) is 13.6 Å². The van der Waals surface area contributed by atoms with E-state index < -0.39 is 18.3 Å². The van der Waals surface area contributed by atoms with Gasteiger partial charge in [0, 0.05) is 6.04 Å². The summed E-state index contributed by atoms with van der Waals surface area (Å²) in [5.41, 5.74) is 0. The fourth-order valence-corrected chi connectivity index (χ4v) is 2.11. The lowest BCUT2D eigenvalue weighted by Crippen LogP contribution is -2.40. The van der Waals surface area contributed by atoms with Crippen molar-refractivity contribution in [2.45, 2.75) is 31.7 Å². The maximum absolute atomic E-state index is 12.1. The fourth-order valence-electron chi connectivity index (χ4n) is 2.11. The minimum Gasteiger partial charge on any atom is -0.481 e. The monoisotopic (exact) mass is 207 g/mol. The molecule has 14 heavy (non-hydrogen) atoms. The lowest BCUT2D eigenvalue weighted by molar-refractivity contribution is -0.143. The molecule has 2 atom stereocenters. The number of carbonyl (C=O) groups is 1. The molecule has 1 N–H and O–H groups in total. The summed E-state index contributed by atoms with van der Waals surface area (Å²) in [7, 11) is 1.57. The molecule has 0 bridgehead atoms. The average Bonchev–Trinajstić information content (AvgIpc) is 2.49. The molecule has 82 valence electrons. The van der Waals surface area contributed by atoms with Crippen molar-refractivity contribution in [1.29, 1.82) is 0 Å². The predicted octanol–water partition coefficient (Wildman–Crippen LogP) is 1.44. The highest BCUT2D eigenvalue weighted by Crippen LogP contribution is 2.29. The van der Waals surface area contributed by atoms with E-state index in [0.29, 0.717) is 12.8 Å². The molecule has 0 amide bonds. The maximum Gasteiger partial charge on any atom is 0.308 e. The molecular weight excluding hydrogens is 192 g/mol. The van der Waals surface area contributed by atoms with Gasteiger partial charge in [-0.2, -0.15) is 0 Å². The minimum absolute atomic E-state index is 0.221. The minimum atomic E-state index is -2.39. The van der Waals surface area contributed by atoms with Crippen molar-refractivity contribution in [3.63, 3.8) is 0 Å². The summed E-state index contributed by atoms with van der Waals surface area (Å²) in [6.45, 7) is -0.339.